The molecule has 0 spiro atoms. The Morgan fingerprint density at radius 1 is 0.950 bits per heavy atom. The van der Waals surface area contributed by atoms with E-state index < -0.39 is 29.0 Å². The van der Waals surface area contributed by atoms with E-state index in [1.807, 2.05) is 0 Å². The van der Waals surface area contributed by atoms with Crippen molar-refractivity contribution in [2.45, 2.75) is 38.5 Å². The predicted molar refractivity (Wildman–Crippen MR) is 63.2 cm³/mol. The molecule has 1 aromatic rings. The first kappa shape index (κ1) is 16.8. The van der Waals surface area contributed by atoms with Crippen LogP contribution in [0.4, 0.5) is 26.3 Å². The van der Waals surface area contributed by atoms with Crippen molar-refractivity contribution in [3.8, 4) is 0 Å². The second-order valence-electron chi connectivity index (χ2n) is 4.58. The number of unbranched alkanes of at least 4 members (excludes halogenated alkanes) is 1. The Balaban J connectivity index is 3.27. The SMILES string of the molecule is Cc1cc(CCCCN)cc(C(F)(F)F)c1C(F)(F)F. The lowest BCUT2D eigenvalue weighted by Crippen LogP contribution is -2.18. The fourth-order valence-electron chi connectivity index (χ4n) is 2.08. The number of nitrogens with two attached hydrogens (primary N) is 1. The second-order valence-corrected chi connectivity index (χ2v) is 4.58. The van der Waals surface area contributed by atoms with Gasteiger partial charge in [0.2, 0.25) is 0 Å². The summed E-state index contributed by atoms with van der Waals surface area (Å²) in [5, 5.41) is 0. The standard InChI is InChI=1S/C13H15F6N/c1-8-6-9(4-2-3-5-20)7-10(12(14,15)16)11(8)13(17,18)19/h6-7H,2-5,20H2,1H3. The minimum Gasteiger partial charge on any atom is -0.330 e. The van der Waals surface area contributed by atoms with Crippen LogP contribution in [0, 0.1) is 6.92 Å². The zero-order valence-corrected chi connectivity index (χ0v) is 10.8. The van der Waals surface area contributed by atoms with E-state index in [0.29, 0.717) is 25.5 Å². The molecule has 0 saturated heterocycles. The van der Waals surface area contributed by atoms with Gasteiger partial charge >= 0.3 is 12.4 Å². The summed E-state index contributed by atoms with van der Waals surface area (Å²) < 4.78 is 76.7. The van der Waals surface area contributed by atoms with Crippen LogP contribution in [0.1, 0.15) is 35.1 Å². The first-order valence-corrected chi connectivity index (χ1v) is 6.05. The highest BCUT2D eigenvalue weighted by atomic mass is 19.4. The molecule has 0 fully saturated rings. The van der Waals surface area contributed by atoms with Gasteiger partial charge in [-0.15, -0.1) is 0 Å². The molecule has 0 atom stereocenters. The molecule has 0 aromatic heterocycles. The van der Waals surface area contributed by atoms with Gasteiger partial charge in [-0.2, -0.15) is 26.3 Å². The van der Waals surface area contributed by atoms with Gasteiger partial charge in [-0.25, -0.2) is 0 Å². The fourth-order valence-corrected chi connectivity index (χ4v) is 2.08. The topological polar surface area (TPSA) is 26.0 Å². The fraction of sp³-hybridized carbons (Fsp3) is 0.538. The van der Waals surface area contributed by atoms with Crippen LogP contribution in [0.2, 0.25) is 0 Å². The number of rotatable bonds is 4. The Morgan fingerprint density at radius 3 is 2.00 bits per heavy atom. The minimum absolute atomic E-state index is 0.247. The highest BCUT2D eigenvalue weighted by Crippen LogP contribution is 2.42. The van der Waals surface area contributed by atoms with Crippen LogP contribution in [-0.4, -0.2) is 6.54 Å². The lowest BCUT2D eigenvalue weighted by atomic mass is 9.95. The Labute approximate surface area is 112 Å². The summed E-state index contributed by atoms with van der Waals surface area (Å²) in [6.45, 7) is 1.44. The van der Waals surface area contributed by atoms with Crippen molar-refractivity contribution in [3.63, 3.8) is 0 Å². The average Bonchev–Trinajstić information content (AvgIpc) is 2.25. The van der Waals surface area contributed by atoms with E-state index in [1.54, 1.807) is 0 Å². The average molecular weight is 299 g/mol. The second kappa shape index (κ2) is 6.03. The van der Waals surface area contributed by atoms with Crippen molar-refractivity contribution in [1.82, 2.24) is 0 Å². The summed E-state index contributed by atoms with van der Waals surface area (Å²) in [5.74, 6) is 0. The third-order valence-electron chi connectivity index (χ3n) is 2.90. The van der Waals surface area contributed by atoms with Crippen LogP contribution in [0.25, 0.3) is 0 Å². The van der Waals surface area contributed by atoms with Crippen molar-refractivity contribution < 1.29 is 26.3 Å². The largest absolute Gasteiger partial charge is 0.417 e. The highest BCUT2D eigenvalue weighted by Gasteiger charge is 2.44. The van der Waals surface area contributed by atoms with E-state index >= 15 is 0 Å². The molecule has 0 aliphatic heterocycles. The number of alkyl halides is 6. The smallest absolute Gasteiger partial charge is 0.330 e. The molecular weight excluding hydrogens is 284 g/mol. The van der Waals surface area contributed by atoms with Crippen LogP contribution in [-0.2, 0) is 18.8 Å². The molecule has 2 N–H and O–H groups in total. The summed E-state index contributed by atoms with van der Waals surface area (Å²) in [6.07, 6.45) is -8.62. The molecule has 1 rings (SSSR count). The molecule has 20 heavy (non-hydrogen) atoms. The number of benzene rings is 1. The van der Waals surface area contributed by atoms with Crippen molar-refractivity contribution >= 4 is 0 Å². The maximum absolute atomic E-state index is 12.8. The maximum Gasteiger partial charge on any atom is 0.417 e. The zero-order chi connectivity index (χ0) is 15.6. The van der Waals surface area contributed by atoms with E-state index in [4.69, 9.17) is 5.73 Å². The normalized spacial score (nSPS) is 12.8. The van der Waals surface area contributed by atoms with Crippen LogP contribution in [0.5, 0.6) is 0 Å². The molecule has 0 saturated carbocycles. The maximum atomic E-state index is 12.8. The third-order valence-corrected chi connectivity index (χ3v) is 2.90. The van der Waals surface area contributed by atoms with E-state index in [2.05, 4.69) is 0 Å². The van der Waals surface area contributed by atoms with Gasteiger partial charge in [0.1, 0.15) is 0 Å². The minimum atomic E-state index is -5.03. The lowest BCUT2D eigenvalue weighted by molar-refractivity contribution is -0.162. The molecule has 0 heterocycles. The number of halogens is 6. The number of aryl methyl sites for hydroxylation is 2. The molecule has 0 aliphatic carbocycles. The van der Waals surface area contributed by atoms with Crippen molar-refractivity contribution in [3.05, 3.63) is 34.4 Å². The molecule has 114 valence electrons. The van der Waals surface area contributed by atoms with Crippen molar-refractivity contribution in [2.75, 3.05) is 6.54 Å². The summed E-state index contributed by atoms with van der Waals surface area (Å²) in [4.78, 5) is 0. The molecule has 7 heteroatoms. The Morgan fingerprint density at radius 2 is 1.55 bits per heavy atom. The Kier molecular flexibility index (Phi) is 5.07. The van der Waals surface area contributed by atoms with Gasteiger partial charge in [-0.3, -0.25) is 0 Å². The molecule has 0 amide bonds. The van der Waals surface area contributed by atoms with Crippen LogP contribution in [0.15, 0.2) is 12.1 Å². The summed E-state index contributed by atoms with van der Waals surface area (Å²) >= 11 is 0. The van der Waals surface area contributed by atoms with Gasteiger partial charge in [0.25, 0.3) is 0 Å². The Bertz CT molecular complexity index is 461. The number of hydrogen-bond donors (Lipinski definition) is 1. The highest BCUT2D eigenvalue weighted by molar-refractivity contribution is 5.42. The first-order chi connectivity index (χ1) is 9.07. The van der Waals surface area contributed by atoms with E-state index in [1.165, 1.54) is 0 Å². The van der Waals surface area contributed by atoms with Gasteiger partial charge in [0, 0.05) is 0 Å². The van der Waals surface area contributed by atoms with E-state index in [0.717, 1.165) is 13.0 Å². The van der Waals surface area contributed by atoms with Gasteiger partial charge in [-0.05, 0) is 49.9 Å². The van der Waals surface area contributed by atoms with Gasteiger partial charge in [-0.1, -0.05) is 6.07 Å². The summed E-state index contributed by atoms with van der Waals surface area (Å²) in [7, 11) is 0. The molecular formula is C13H15F6N. The molecule has 0 unspecified atom stereocenters. The van der Waals surface area contributed by atoms with Crippen LogP contribution in [0.3, 0.4) is 0 Å². The van der Waals surface area contributed by atoms with E-state index in [-0.39, 0.29) is 12.0 Å². The number of hydrogen-bond acceptors (Lipinski definition) is 1. The van der Waals surface area contributed by atoms with Crippen LogP contribution >= 0.6 is 0 Å². The summed E-state index contributed by atoms with van der Waals surface area (Å²) in [6, 6.07) is 1.75. The zero-order valence-electron chi connectivity index (χ0n) is 10.8. The lowest BCUT2D eigenvalue weighted by Gasteiger charge is -2.19. The van der Waals surface area contributed by atoms with Gasteiger partial charge in [0.15, 0.2) is 0 Å². The quantitative estimate of drug-likeness (QED) is 0.650. The van der Waals surface area contributed by atoms with Crippen LogP contribution < -0.4 is 5.73 Å². The molecule has 0 radical (unpaired) electrons. The Hall–Kier alpha value is -1.24. The van der Waals surface area contributed by atoms with Crippen molar-refractivity contribution in [1.29, 1.82) is 0 Å². The molecule has 0 bridgehead atoms. The molecule has 0 aliphatic rings. The van der Waals surface area contributed by atoms with Crippen molar-refractivity contribution in [2.24, 2.45) is 5.73 Å². The molecule has 1 aromatic carbocycles. The van der Waals surface area contributed by atoms with E-state index in [9.17, 15) is 26.3 Å². The summed E-state index contributed by atoms with van der Waals surface area (Å²) in [5.41, 5.74) is 1.89. The first-order valence-electron chi connectivity index (χ1n) is 6.05. The predicted octanol–water partition coefficient (Wildman–Crippen LogP) is 4.31. The van der Waals surface area contributed by atoms with Gasteiger partial charge in [0.05, 0.1) is 11.1 Å². The van der Waals surface area contributed by atoms with Gasteiger partial charge < -0.3 is 5.73 Å². The monoisotopic (exact) mass is 299 g/mol. The third kappa shape index (κ3) is 4.13. The molecule has 1 nitrogen and oxygen atoms in total.